The lowest BCUT2D eigenvalue weighted by Crippen LogP contribution is -2.11. The zero-order chi connectivity index (χ0) is 14.4. The number of anilines is 1. The Balaban J connectivity index is 2.09. The van der Waals surface area contributed by atoms with Crippen molar-refractivity contribution in [3.63, 3.8) is 0 Å². The number of aryl methyl sites for hydroxylation is 1. The molecular weight excluding hydrogens is 248 g/mol. The van der Waals surface area contributed by atoms with Gasteiger partial charge in [-0.1, -0.05) is 31.5 Å². The third-order valence-corrected chi connectivity index (χ3v) is 3.00. The fourth-order valence-corrected chi connectivity index (χ4v) is 1.98. The molecule has 2 aromatic carbocycles. The number of benzene rings is 2. The van der Waals surface area contributed by atoms with Gasteiger partial charge in [-0.3, -0.25) is 4.79 Å². The van der Waals surface area contributed by atoms with E-state index in [2.05, 4.69) is 12.2 Å². The van der Waals surface area contributed by atoms with Crippen LogP contribution < -0.4 is 5.32 Å². The Morgan fingerprint density at radius 2 is 1.95 bits per heavy atom. The van der Waals surface area contributed by atoms with E-state index in [1.807, 2.05) is 30.3 Å². The molecule has 0 radical (unpaired) electrons. The van der Waals surface area contributed by atoms with Crippen molar-refractivity contribution in [3.8, 4) is 6.07 Å². The van der Waals surface area contributed by atoms with Gasteiger partial charge in [0.1, 0.15) is 0 Å². The van der Waals surface area contributed by atoms with Crippen LogP contribution in [0.3, 0.4) is 0 Å². The smallest absolute Gasteiger partial charge is 0.255 e. The maximum absolute atomic E-state index is 12.1. The summed E-state index contributed by atoms with van der Waals surface area (Å²) in [5.41, 5.74) is 2.99. The molecule has 100 valence electrons. The van der Waals surface area contributed by atoms with Gasteiger partial charge in [-0.15, -0.1) is 0 Å². The molecular formula is C17H16N2O. The normalized spacial score (nSPS) is 9.80. The second-order valence-electron chi connectivity index (χ2n) is 4.59. The van der Waals surface area contributed by atoms with Crippen molar-refractivity contribution in [2.75, 3.05) is 5.32 Å². The number of hydrogen-bond acceptors (Lipinski definition) is 2. The Kier molecular flexibility index (Phi) is 4.52. The summed E-state index contributed by atoms with van der Waals surface area (Å²) in [6, 6.07) is 16.5. The fourth-order valence-electron chi connectivity index (χ4n) is 1.98. The maximum atomic E-state index is 12.1. The van der Waals surface area contributed by atoms with Crippen LogP contribution in [0, 0.1) is 11.3 Å². The molecule has 0 bridgehead atoms. The van der Waals surface area contributed by atoms with Crippen LogP contribution in [0.4, 0.5) is 5.69 Å². The van der Waals surface area contributed by atoms with Gasteiger partial charge in [0.25, 0.3) is 5.91 Å². The molecule has 0 saturated carbocycles. The van der Waals surface area contributed by atoms with Gasteiger partial charge in [0, 0.05) is 11.3 Å². The topological polar surface area (TPSA) is 52.9 Å². The highest BCUT2D eigenvalue weighted by atomic mass is 16.1. The first-order valence-electron chi connectivity index (χ1n) is 6.63. The van der Waals surface area contributed by atoms with Gasteiger partial charge in [0.2, 0.25) is 0 Å². The number of nitrogens with one attached hydrogen (secondary N) is 1. The summed E-state index contributed by atoms with van der Waals surface area (Å²) >= 11 is 0. The molecule has 0 aliphatic carbocycles. The lowest BCUT2D eigenvalue weighted by Gasteiger charge is -2.06. The number of nitriles is 1. The second-order valence-corrected chi connectivity index (χ2v) is 4.59. The Morgan fingerprint density at radius 3 is 2.60 bits per heavy atom. The van der Waals surface area contributed by atoms with E-state index in [-0.39, 0.29) is 5.91 Å². The molecule has 0 atom stereocenters. The van der Waals surface area contributed by atoms with E-state index in [1.54, 1.807) is 24.3 Å². The Hall–Kier alpha value is -2.60. The summed E-state index contributed by atoms with van der Waals surface area (Å²) in [6.45, 7) is 2.14. The molecule has 0 aliphatic rings. The lowest BCUT2D eigenvalue weighted by atomic mass is 10.1. The van der Waals surface area contributed by atoms with E-state index >= 15 is 0 Å². The standard InChI is InChI=1S/C17H16N2O/c1-2-4-13-7-9-16(10-8-13)19-17(20)15-6-3-5-14(11-15)12-18/h3,5-11H,2,4H2,1H3,(H,19,20). The van der Waals surface area contributed by atoms with Crippen LogP contribution in [-0.4, -0.2) is 5.91 Å². The van der Waals surface area contributed by atoms with Gasteiger partial charge in [-0.05, 0) is 42.3 Å². The minimum Gasteiger partial charge on any atom is -0.322 e. The summed E-state index contributed by atoms with van der Waals surface area (Å²) < 4.78 is 0. The molecule has 0 spiro atoms. The number of rotatable bonds is 4. The molecule has 0 fully saturated rings. The number of hydrogen-bond donors (Lipinski definition) is 1. The zero-order valence-electron chi connectivity index (χ0n) is 11.4. The average molecular weight is 264 g/mol. The van der Waals surface area contributed by atoms with Crippen molar-refractivity contribution in [2.24, 2.45) is 0 Å². The Morgan fingerprint density at radius 1 is 1.20 bits per heavy atom. The van der Waals surface area contributed by atoms with Gasteiger partial charge >= 0.3 is 0 Å². The molecule has 1 N–H and O–H groups in total. The molecule has 0 unspecified atom stereocenters. The van der Waals surface area contributed by atoms with Crippen molar-refractivity contribution < 1.29 is 4.79 Å². The minimum absolute atomic E-state index is 0.203. The van der Waals surface area contributed by atoms with Crippen molar-refractivity contribution in [2.45, 2.75) is 19.8 Å². The number of nitrogens with zero attached hydrogens (tertiary/aromatic N) is 1. The SMILES string of the molecule is CCCc1ccc(NC(=O)c2cccc(C#N)c2)cc1. The quantitative estimate of drug-likeness (QED) is 0.914. The molecule has 0 heterocycles. The summed E-state index contributed by atoms with van der Waals surface area (Å²) in [5.74, 6) is -0.203. The lowest BCUT2D eigenvalue weighted by molar-refractivity contribution is 0.102. The van der Waals surface area contributed by atoms with Crippen molar-refractivity contribution >= 4 is 11.6 Å². The predicted octanol–water partition coefficient (Wildman–Crippen LogP) is 3.76. The Labute approximate surface area is 118 Å². The van der Waals surface area contributed by atoms with Crippen LogP contribution in [0.2, 0.25) is 0 Å². The number of carbonyl (C=O) groups excluding carboxylic acids is 1. The highest BCUT2D eigenvalue weighted by Gasteiger charge is 2.06. The minimum atomic E-state index is -0.203. The van der Waals surface area contributed by atoms with E-state index in [4.69, 9.17) is 5.26 Å². The van der Waals surface area contributed by atoms with Crippen LogP contribution in [0.15, 0.2) is 48.5 Å². The summed E-state index contributed by atoms with van der Waals surface area (Å²) in [5, 5.41) is 11.7. The number of carbonyl (C=O) groups is 1. The maximum Gasteiger partial charge on any atom is 0.255 e. The van der Waals surface area contributed by atoms with Crippen molar-refractivity contribution in [1.82, 2.24) is 0 Å². The van der Waals surface area contributed by atoms with E-state index in [1.165, 1.54) is 5.56 Å². The molecule has 0 saturated heterocycles. The first-order chi connectivity index (χ1) is 9.72. The monoisotopic (exact) mass is 264 g/mol. The third kappa shape index (κ3) is 3.46. The summed E-state index contributed by atoms with van der Waals surface area (Å²) in [4.78, 5) is 12.1. The average Bonchev–Trinajstić information content (AvgIpc) is 2.49. The van der Waals surface area contributed by atoms with Crippen LogP contribution in [0.25, 0.3) is 0 Å². The van der Waals surface area contributed by atoms with Gasteiger partial charge in [-0.2, -0.15) is 5.26 Å². The molecule has 20 heavy (non-hydrogen) atoms. The van der Waals surface area contributed by atoms with Gasteiger partial charge in [0.05, 0.1) is 11.6 Å². The van der Waals surface area contributed by atoms with Crippen LogP contribution >= 0.6 is 0 Å². The number of amides is 1. The van der Waals surface area contributed by atoms with Crippen LogP contribution in [0.5, 0.6) is 0 Å². The van der Waals surface area contributed by atoms with Crippen molar-refractivity contribution in [3.05, 3.63) is 65.2 Å². The molecule has 3 heteroatoms. The first-order valence-corrected chi connectivity index (χ1v) is 6.63. The highest BCUT2D eigenvalue weighted by Crippen LogP contribution is 2.13. The fraction of sp³-hybridized carbons (Fsp3) is 0.176. The van der Waals surface area contributed by atoms with E-state index in [0.717, 1.165) is 18.5 Å². The van der Waals surface area contributed by atoms with Gasteiger partial charge < -0.3 is 5.32 Å². The molecule has 2 rings (SSSR count). The second kappa shape index (κ2) is 6.53. The Bertz CT molecular complexity index is 639. The van der Waals surface area contributed by atoms with Crippen molar-refractivity contribution in [1.29, 1.82) is 5.26 Å². The van der Waals surface area contributed by atoms with Gasteiger partial charge in [0.15, 0.2) is 0 Å². The molecule has 1 amide bonds. The molecule has 2 aromatic rings. The van der Waals surface area contributed by atoms with Crippen LogP contribution in [0.1, 0.15) is 34.8 Å². The van der Waals surface area contributed by atoms with E-state index in [0.29, 0.717) is 11.1 Å². The predicted molar refractivity (Wildman–Crippen MR) is 79.5 cm³/mol. The molecule has 0 aromatic heterocycles. The van der Waals surface area contributed by atoms with Crippen LogP contribution in [-0.2, 0) is 6.42 Å². The molecule has 0 aliphatic heterocycles. The highest BCUT2D eigenvalue weighted by molar-refractivity contribution is 6.04. The van der Waals surface area contributed by atoms with E-state index < -0.39 is 0 Å². The summed E-state index contributed by atoms with van der Waals surface area (Å²) in [6.07, 6.45) is 2.14. The van der Waals surface area contributed by atoms with E-state index in [9.17, 15) is 4.79 Å². The van der Waals surface area contributed by atoms with Gasteiger partial charge in [-0.25, -0.2) is 0 Å². The largest absolute Gasteiger partial charge is 0.322 e. The zero-order valence-corrected chi connectivity index (χ0v) is 11.4. The molecule has 3 nitrogen and oxygen atoms in total. The summed E-state index contributed by atoms with van der Waals surface area (Å²) in [7, 11) is 0. The third-order valence-electron chi connectivity index (χ3n) is 3.00. The first kappa shape index (κ1) is 13.8.